The van der Waals surface area contributed by atoms with E-state index >= 15 is 0 Å². The molecule has 3 aliphatic carbocycles. The molecule has 3 saturated carbocycles. The molecule has 0 amide bonds. The van der Waals surface area contributed by atoms with Gasteiger partial charge in [0.25, 0.3) is 0 Å². The Kier molecular flexibility index (Phi) is 8.05. The molecule has 0 radical (unpaired) electrons. The van der Waals surface area contributed by atoms with Crippen molar-refractivity contribution in [2.75, 3.05) is 0 Å². The van der Waals surface area contributed by atoms with E-state index in [9.17, 15) is 0 Å². The fraction of sp³-hybridized carbons (Fsp3) is 0.844. The Hall–Kier alpha value is -1.05. The largest absolute Gasteiger partial charge is 0.272 e. The minimum Gasteiger partial charge on any atom is -0.272 e. The quantitative estimate of drug-likeness (QED) is 0.331. The van der Waals surface area contributed by atoms with Crippen molar-refractivity contribution in [2.24, 2.45) is 40.4 Å². The van der Waals surface area contributed by atoms with Gasteiger partial charge in [-0.15, -0.1) is 0 Å². The topological polar surface area (TPSA) is 17.8 Å². The number of hydrogen-bond donors (Lipinski definition) is 0. The number of hydrogen-bond acceptors (Lipinski definition) is 1. The van der Waals surface area contributed by atoms with Crippen LogP contribution in [0.15, 0.2) is 24.0 Å². The van der Waals surface area contributed by atoms with E-state index in [1.165, 1.54) is 76.2 Å². The van der Waals surface area contributed by atoms with Crippen LogP contribution in [0.25, 0.3) is 0 Å². The zero-order valence-corrected chi connectivity index (χ0v) is 23.6. The summed E-state index contributed by atoms with van der Waals surface area (Å²) < 4.78 is 2.25. The fourth-order valence-electron chi connectivity index (χ4n) is 9.44. The average molecular weight is 467 g/mol. The van der Waals surface area contributed by atoms with Gasteiger partial charge in [-0.3, -0.25) is 4.68 Å². The van der Waals surface area contributed by atoms with E-state index in [0.717, 1.165) is 30.2 Å². The molecule has 2 heteroatoms. The van der Waals surface area contributed by atoms with Crippen molar-refractivity contribution in [3.8, 4) is 0 Å². The van der Waals surface area contributed by atoms with Crippen molar-refractivity contribution in [1.29, 1.82) is 0 Å². The van der Waals surface area contributed by atoms with Crippen molar-refractivity contribution in [3.05, 3.63) is 29.6 Å². The Balaban J connectivity index is 1.54. The lowest BCUT2D eigenvalue weighted by Gasteiger charge is -2.59. The van der Waals surface area contributed by atoms with Gasteiger partial charge in [-0.1, -0.05) is 73.0 Å². The van der Waals surface area contributed by atoms with Gasteiger partial charge in [-0.05, 0) is 110 Å². The van der Waals surface area contributed by atoms with E-state index in [1.54, 1.807) is 0 Å². The van der Waals surface area contributed by atoms with Crippen molar-refractivity contribution >= 4 is 0 Å². The molecule has 3 aliphatic rings. The molecule has 3 fully saturated rings. The Morgan fingerprint density at radius 1 is 1.06 bits per heavy atom. The van der Waals surface area contributed by atoms with E-state index in [-0.39, 0.29) is 0 Å². The van der Waals surface area contributed by atoms with E-state index in [1.807, 2.05) is 5.57 Å². The van der Waals surface area contributed by atoms with Gasteiger partial charge in [0.15, 0.2) is 0 Å². The minimum atomic E-state index is 0.500. The summed E-state index contributed by atoms with van der Waals surface area (Å²) >= 11 is 0. The summed E-state index contributed by atoms with van der Waals surface area (Å²) in [7, 11) is 0. The van der Waals surface area contributed by atoms with E-state index in [0.29, 0.717) is 22.7 Å². The number of aromatic nitrogens is 2. The van der Waals surface area contributed by atoms with Crippen LogP contribution in [0.4, 0.5) is 0 Å². The lowest BCUT2D eigenvalue weighted by molar-refractivity contribution is -0.0646. The van der Waals surface area contributed by atoms with Crippen LogP contribution in [-0.4, -0.2) is 9.78 Å². The maximum absolute atomic E-state index is 4.73. The van der Waals surface area contributed by atoms with Gasteiger partial charge < -0.3 is 0 Å². The van der Waals surface area contributed by atoms with Crippen molar-refractivity contribution in [1.82, 2.24) is 9.78 Å². The lowest BCUT2D eigenvalue weighted by atomic mass is 9.46. The van der Waals surface area contributed by atoms with Crippen LogP contribution in [0.3, 0.4) is 0 Å². The average Bonchev–Trinajstić information content (AvgIpc) is 3.42. The summed E-state index contributed by atoms with van der Waals surface area (Å²) in [6.07, 6.45) is 22.5. The molecule has 0 bridgehead atoms. The predicted octanol–water partition coefficient (Wildman–Crippen LogP) is 9.42. The Labute approximate surface area is 211 Å². The number of rotatable bonds is 9. The standard InChI is InChI=1S/C32H54N2/c1-8-11-12-26-13-14-27-29-16-15-28(24(6)21-34-22-25(20-33-34)23(4)5)31(29,7)19-17-30(27)32(26,10-3)18-9-2/h12,20,22-24,27-30H,8-11,13-19,21H2,1-7H3/b26-12-. The zero-order valence-electron chi connectivity index (χ0n) is 23.6. The van der Waals surface area contributed by atoms with Crippen LogP contribution in [0.5, 0.6) is 0 Å². The number of unbranched alkanes of at least 4 members (excludes halogenated alkanes) is 1. The number of allylic oxidation sites excluding steroid dienone is 2. The summed E-state index contributed by atoms with van der Waals surface area (Å²) in [5.41, 5.74) is 4.28. The Morgan fingerprint density at radius 3 is 2.50 bits per heavy atom. The fourth-order valence-corrected chi connectivity index (χ4v) is 9.44. The molecule has 7 atom stereocenters. The Bertz CT molecular complexity index is 834. The monoisotopic (exact) mass is 466 g/mol. The molecule has 34 heavy (non-hydrogen) atoms. The van der Waals surface area contributed by atoms with Crippen LogP contribution in [-0.2, 0) is 6.54 Å². The zero-order chi connectivity index (χ0) is 24.5. The Morgan fingerprint density at radius 2 is 1.85 bits per heavy atom. The highest BCUT2D eigenvalue weighted by Gasteiger charge is 2.59. The second-order valence-electron chi connectivity index (χ2n) is 13.0. The van der Waals surface area contributed by atoms with Gasteiger partial charge in [-0.2, -0.15) is 5.10 Å². The minimum absolute atomic E-state index is 0.500. The van der Waals surface area contributed by atoms with Crippen molar-refractivity contribution in [3.63, 3.8) is 0 Å². The first-order valence-corrected chi connectivity index (χ1v) is 15.0. The van der Waals surface area contributed by atoms with E-state index in [2.05, 4.69) is 71.6 Å². The third-order valence-electron chi connectivity index (χ3n) is 11.1. The highest BCUT2D eigenvalue weighted by atomic mass is 15.3. The lowest BCUT2D eigenvalue weighted by Crippen LogP contribution is -2.51. The first-order valence-electron chi connectivity index (χ1n) is 15.0. The maximum Gasteiger partial charge on any atom is 0.0524 e. The third kappa shape index (κ3) is 4.45. The van der Waals surface area contributed by atoms with Gasteiger partial charge in [0.1, 0.15) is 0 Å². The molecule has 0 aromatic carbocycles. The van der Waals surface area contributed by atoms with E-state index in [4.69, 9.17) is 5.10 Å². The number of fused-ring (bicyclic) bond motifs is 3. The SMILES string of the molecule is CCC/C=C1/CCC2C(CCC3(C)C(C(C)Cn4cc(C(C)C)cn4)CCC23)C1(CC)CCC. The number of nitrogens with zero attached hydrogens (tertiary/aromatic N) is 2. The normalized spacial score (nSPS) is 37.7. The highest BCUT2D eigenvalue weighted by Crippen LogP contribution is 2.67. The van der Waals surface area contributed by atoms with Crippen LogP contribution in [0.2, 0.25) is 0 Å². The first-order chi connectivity index (χ1) is 16.3. The van der Waals surface area contributed by atoms with Crippen LogP contribution >= 0.6 is 0 Å². The summed E-state index contributed by atoms with van der Waals surface area (Å²) in [4.78, 5) is 0. The van der Waals surface area contributed by atoms with Gasteiger partial charge in [0.2, 0.25) is 0 Å². The molecule has 4 rings (SSSR count). The van der Waals surface area contributed by atoms with Crippen LogP contribution in [0.1, 0.15) is 131 Å². The molecular weight excluding hydrogens is 412 g/mol. The maximum atomic E-state index is 4.73. The molecule has 1 heterocycles. The first kappa shape index (κ1) is 26.0. The molecular formula is C32H54N2. The highest BCUT2D eigenvalue weighted by molar-refractivity contribution is 5.23. The molecule has 7 unspecified atom stereocenters. The molecule has 2 nitrogen and oxygen atoms in total. The van der Waals surface area contributed by atoms with Crippen LogP contribution < -0.4 is 0 Å². The van der Waals surface area contributed by atoms with Gasteiger partial charge in [0, 0.05) is 12.7 Å². The molecule has 0 N–H and O–H groups in total. The van der Waals surface area contributed by atoms with Gasteiger partial charge in [0.05, 0.1) is 6.20 Å². The summed E-state index contributed by atoms with van der Waals surface area (Å²) in [5.74, 6) is 4.96. The molecule has 0 spiro atoms. The van der Waals surface area contributed by atoms with E-state index < -0.39 is 0 Å². The van der Waals surface area contributed by atoms with Gasteiger partial charge >= 0.3 is 0 Å². The molecule has 0 aliphatic heterocycles. The van der Waals surface area contributed by atoms with Crippen LogP contribution in [0, 0.1) is 40.4 Å². The molecule has 0 saturated heterocycles. The summed E-state index contributed by atoms with van der Waals surface area (Å²) in [6, 6.07) is 0. The molecule has 1 aromatic heterocycles. The summed E-state index contributed by atoms with van der Waals surface area (Å²) in [5, 5.41) is 4.73. The van der Waals surface area contributed by atoms with Crippen molar-refractivity contribution in [2.45, 2.75) is 132 Å². The summed E-state index contributed by atoms with van der Waals surface area (Å²) in [6.45, 7) is 18.2. The third-order valence-corrected chi connectivity index (χ3v) is 11.1. The van der Waals surface area contributed by atoms with Crippen molar-refractivity contribution < 1.29 is 0 Å². The second kappa shape index (κ2) is 10.5. The molecule has 192 valence electrons. The molecule has 1 aromatic rings. The smallest absolute Gasteiger partial charge is 0.0524 e. The predicted molar refractivity (Wildman–Crippen MR) is 146 cm³/mol. The van der Waals surface area contributed by atoms with Gasteiger partial charge in [-0.25, -0.2) is 0 Å². The second-order valence-corrected chi connectivity index (χ2v) is 13.0.